The minimum absolute atomic E-state index is 0.150. The van der Waals surface area contributed by atoms with Gasteiger partial charge in [0.1, 0.15) is 0 Å². The van der Waals surface area contributed by atoms with Crippen molar-refractivity contribution < 1.29 is 10.3 Å². The zero-order valence-electron chi connectivity index (χ0n) is 11.6. The Morgan fingerprint density at radius 3 is 2.48 bits per heavy atom. The van der Waals surface area contributed by atoms with E-state index in [-0.39, 0.29) is 5.96 Å². The number of hydrogen-bond acceptors (Lipinski definition) is 3. The first-order valence-electron chi connectivity index (χ1n) is 6.28. The molecule has 0 spiro atoms. The lowest BCUT2D eigenvalue weighted by molar-refractivity contribution is -0.742. The summed E-state index contributed by atoms with van der Waals surface area (Å²) in [5, 5.41) is 16.2. The predicted octanol–water partition coefficient (Wildman–Crippen LogP) is 1.87. The van der Waals surface area contributed by atoms with Crippen LogP contribution in [0.4, 0.5) is 0 Å². The molecule has 21 heavy (non-hydrogen) atoms. The van der Waals surface area contributed by atoms with Gasteiger partial charge in [-0.1, -0.05) is 49.4 Å². The topological polar surface area (TPSA) is 128 Å². The molecule has 7 nitrogen and oxygen atoms in total. The van der Waals surface area contributed by atoms with Crippen LogP contribution in [-0.2, 0) is 0 Å². The molecular weight excluding hydrogens is 272 g/mol. The molecule has 0 aliphatic rings. The van der Waals surface area contributed by atoms with Crippen molar-refractivity contribution in [3.8, 4) is 0 Å². The van der Waals surface area contributed by atoms with Crippen LogP contribution in [-0.4, -0.2) is 22.8 Å². The van der Waals surface area contributed by atoms with Gasteiger partial charge in [-0.2, -0.15) is 0 Å². The summed E-state index contributed by atoms with van der Waals surface area (Å²) in [6.45, 7) is 2.75. The maximum Gasteiger partial charge on any atom is 0.291 e. The van der Waals surface area contributed by atoms with Crippen molar-refractivity contribution in [3.05, 3.63) is 58.1 Å². The Bertz CT molecular complexity index is 630. The Morgan fingerprint density at radius 1 is 1.29 bits per heavy atom. The molecule has 0 aromatic heterocycles. The van der Waals surface area contributed by atoms with Gasteiger partial charge in [0, 0.05) is 12.5 Å². The maximum absolute atomic E-state index is 8.36. The monoisotopic (exact) mass is 290 g/mol. The predicted molar refractivity (Wildman–Crippen MR) is 81.8 cm³/mol. The van der Waals surface area contributed by atoms with Gasteiger partial charge in [0.2, 0.25) is 0 Å². The minimum Gasteiger partial charge on any atom is -0.370 e. The normalized spacial score (nSPS) is 11.1. The first-order valence-corrected chi connectivity index (χ1v) is 6.28. The third-order valence-corrected chi connectivity index (χ3v) is 2.90. The lowest BCUT2D eigenvalue weighted by Gasteiger charge is -2.12. The van der Waals surface area contributed by atoms with Gasteiger partial charge in [0.25, 0.3) is 5.09 Å². The van der Waals surface area contributed by atoms with E-state index in [0.29, 0.717) is 12.5 Å². The van der Waals surface area contributed by atoms with Crippen LogP contribution in [0.25, 0.3) is 10.8 Å². The molecule has 112 valence electrons. The Morgan fingerprint density at radius 2 is 1.86 bits per heavy atom. The van der Waals surface area contributed by atoms with Crippen LogP contribution < -0.4 is 11.5 Å². The van der Waals surface area contributed by atoms with Gasteiger partial charge in [-0.05, 0) is 16.3 Å². The van der Waals surface area contributed by atoms with Gasteiger partial charge in [-0.25, -0.2) is 0 Å². The zero-order valence-corrected chi connectivity index (χ0v) is 11.6. The SMILES string of the molecule is CC(CN=C(N)N)c1cccc2ccccc12.O=[N+]([O-])O. The minimum atomic E-state index is -1.50. The highest BCUT2D eigenvalue weighted by molar-refractivity contribution is 5.86. The van der Waals surface area contributed by atoms with Crippen molar-refractivity contribution >= 4 is 16.7 Å². The molecule has 0 bridgehead atoms. The largest absolute Gasteiger partial charge is 0.370 e. The second-order valence-electron chi connectivity index (χ2n) is 4.47. The number of fused-ring (bicyclic) bond motifs is 1. The highest BCUT2D eigenvalue weighted by atomic mass is 16.9. The highest BCUT2D eigenvalue weighted by Crippen LogP contribution is 2.25. The fourth-order valence-electron chi connectivity index (χ4n) is 2.02. The highest BCUT2D eigenvalue weighted by Gasteiger charge is 2.08. The summed E-state index contributed by atoms with van der Waals surface area (Å²) >= 11 is 0. The number of nitrogens with zero attached hydrogens (tertiary/aromatic N) is 2. The van der Waals surface area contributed by atoms with Crippen LogP contribution in [0.5, 0.6) is 0 Å². The van der Waals surface area contributed by atoms with Crippen molar-refractivity contribution in [2.45, 2.75) is 12.8 Å². The van der Waals surface area contributed by atoms with E-state index in [0.717, 1.165) is 0 Å². The maximum atomic E-state index is 8.36. The van der Waals surface area contributed by atoms with Crippen LogP contribution in [0.1, 0.15) is 18.4 Å². The van der Waals surface area contributed by atoms with Crippen LogP contribution in [0.2, 0.25) is 0 Å². The van der Waals surface area contributed by atoms with E-state index >= 15 is 0 Å². The second kappa shape index (κ2) is 7.68. The Hall–Kier alpha value is -2.83. The fraction of sp³-hybridized carbons (Fsp3) is 0.214. The number of benzene rings is 2. The molecule has 1 atom stereocenters. The molecule has 7 heteroatoms. The summed E-state index contributed by atoms with van der Waals surface area (Å²) in [5.41, 5.74) is 12.0. The zero-order chi connectivity index (χ0) is 15.8. The van der Waals surface area contributed by atoms with Crippen molar-refractivity contribution in [2.75, 3.05) is 6.54 Å². The Kier molecular flexibility index (Phi) is 5.94. The lowest BCUT2D eigenvalue weighted by atomic mass is 9.95. The first-order chi connectivity index (χ1) is 9.91. The number of guanidine groups is 1. The third-order valence-electron chi connectivity index (χ3n) is 2.90. The van der Waals surface area contributed by atoms with Crippen molar-refractivity contribution in [3.63, 3.8) is 0 Å². The average Bonchev–Trinajstić information content (AvgIpc) is 2.43. The van der Waals surface area contributed by atoms with E-state index in [9.17, 15) is 0 Å². The molecular formula is C14H18N4O3. The van der Waals surface area contributed by atoms with E-state index in [4.69, 9.17) is 26.8 Å². The van der Waals surface area contributed by atoms with E-state index in [1.807, 2.05) is 6.07 Å². The number of hydrogen-bond donors (Lipinski definition) is 3. The summed E-state index contributed by atoms with van der Waals surface area (Å²) in [5.74, 6) is 0.459. The molecule has 0 aliphatic carbocycles. The van der Waals surface area contributed by atoms with Gasteiger partial charge < -0.3 is 16.7 Å². The molecule has 2 aromatic rings. The van der Waals surface area contributed by atoms with Gasteiger partial charge in [-0.3, -0.25) is 4.99 Å². The molecule has 2 rings (SSSR count). The van der Waals surface area contributed by atoms with Crippen molar-refractivity contribution in [2.24, 2.45) is 16.5 Å². The van der Waals surface area contributed by atoms with Gasteiger partial charge in [0.05, 0.1) is 0 Å². The number of aliphatic imine (C=N–C) groups is 1. The standard InChI is InChI=1S/C14H17N3.HNO3/c1-10(9-17-14(15)16)12-8-4-6-11-5-2-3-7-13(11)12;2-1(3)4/h2-8,10H,9H2,1H3,(H4,15,16,17);(H,2,3,4). The first kappa shape index (κ1) is 16.2. The van der Waals surface area contributed by atoms with E-state index in [1.54, 1.807) is 0 Å². The molecule has 5 N–H and O–H groups in total. The molecule has 0 saturated carbocycles. The molecule has 0 radical (unpaired) electrons. The second-order valence-corrected chi connectivity index (χ2v) is 4.47. The molecule has 0 fully saturated rings. The van der Waals surface area contributed by atoms with Gasteiger partial charge in [-0.15, -0.1) is 10.1 Å². The lowest BCUT2D eigenvalue weighted by Crippen LogP contribution is -2.23. The summed E-state index contributed by atoms with van der Waals surface area (Å²) in [4.78, 5) is 12.4. The smallest absolute Gasteiger partial charge is 0.291 e. The molecule has 1 unspecified atom stereocenters. The van der Waals surface area contributed by atoms with Crippen LogP contribution >= 0.6 is 0 Å². The quantitative estimate of drug-likeness (QED) is 0.344. The van der Waals surface area contributed by atoms with E-state index in [1.165, 1.54) is 16.3 Å². The van der Waals surface area contributed by atoms with E-state index in [2.05, 4.69) is 48.3 Å². The van der Waals surface area contributed by atoms with Gasteiger partial charge >= 0.3 is 0 Å². The Labute approximate surface area is 122 Å². The summed E-state index contributed by atoms with van der Waals surface area (Å²) in [7, 11) is 0. The van der Waals surface area contributed by atoms with Crippen LogP contribution in [0, 0.1) is 10.1 Å². The fourth-order valence-corrected chi connectivity index (χ4v) is 2.02. The number of rotatable bonds is 3. The van der Waals surface area contributed by atoms with E-state index < -0.39 is 5.09 Å². The van der Waals surface area contributed by atoms with Crippen molar-refractivity contribution in [1.82, 2.24) is 0 Å². The average molecular weight is 290 g/mol. The molecule has 0 saturated heterocycles. The molecule has 0 heterocycles. The number of nitrogens with two attached hydrogens (primary N) is 2. The third kappa shape index (κ3) is 5.35. The summed E-state index contributed by atoms with van der Waals surface area (Å²) in [6, 6.07) is 14.7. The summed E-state index contributed by atoms with van der Waals surface area (Å²) < 4.78 is 0. The van der Waals surface area contributed by atoms with Crippen LogP contribution in [0.3, 0.4) is 0 Å². The summed E-state index contributed by atoms with van der Waals surface area (Å²) in [6.07, 6.45) is 0. The van der Waals surface area contributed by atoms with Crippen LogP contribution in [0.15, 0.2) is 47.5 Å². The molecule has 0 amide bonds. The molecule has 0 aliphatic heterocycles. The molecule has 2 aromatic carbocycles. The Balaban J connectivity index is 0.000000491. The van der Waals surface area contributed by atoms with Crippen molar-refractivity contribution in [1.29, 1.82) is 0 Å². The van der Waals surface area contributed by atoms with Gasteiger partial charge in [0.15, 0.2) is 5.96 Å².